The molecule has 1 aliphatic carbocycles. The minimum absolute atomic E-state index is 0.0978. The highest BCUT2D eigenvalue weighted by atomic mass is 32.2. The van der Waals surface area contributed by atoms with Crippen LogP contribution in [0.5, 0.6) is 0 Å². The van der Waals surface area contributed by atoms with Gasteiger partial charge in [0.1, 0.15) is 0 Å². The molecule has 0 radical (unpaired) electrons. The van der Waals surface area contributed by atoms with E-state index in [-0.39, 0.29) is 5.91 Å². The van der Waals surface area contributed by atoms with Gasteiger partial charge in [-0.05, 0) is 56.6 Å². The monoisotopic (exact) mass is 525 g/mol. The van der Waals surface area contributed by atoms with Crippen molar-refractivity contribution in [3.05, 3.63) is 36.2 Å². The first-order valence-corrected chi connectivity index (χ1v) is 14.6. The second kappa shape index (κ2) is 10.5. The van der Waals surface area contributed by atoms with Gasteiger partial charge in [0, 0.05) is 54.2 Å². The molecule has 1 amide bonds. The van der Waals surface area contributed by atoms with Crippen LogP contribution in [0.2, 0.25) is 0 Å². The molecule has 3 fully saturated rings. The summed E-state index contributed by atoms with van der Waals surface area (Å²) in [7, 11) is 0. The van der Waals surface area contributed by atoms with Gasteiger partial charge in [0.2, 0.25) is 5.95 Å². The number of aromatic nitrogens is 3. The van der Waals surface area contributed by atoms with Crippen molar-refractivity contribution in [3.8, 4) is 0 Å². The lowest BCUT2D eigenvalue weighted by molar-refractivity contribution is -0.0692. The lowest BCUT2D eigenvalue weighted by Gasteiger charge is -2.47. The SMILES string of the molecule is CSc1cnc(N[C@H]2CC[C@H](Nc3nc4ccc(C(=O)N5CN(C6CCOCC6)C5)cc4s3)C2)nc1. The molecule has 36 heavy (non-hydrogen) atoms. The first kappa shape index (κ1) is 23.9. The molecule has 0 unspecified atom stereocenters. The van der Waals surface area contributed by atoms with Crippen LogP contribution in [0.3, 0.4) is 0 Å². The zero-order chi connectivity index (χ0) is 24.5. The van der Waals surface area contributed by atoms with Crippen LogP contribution >= 0.6 is 23.1 Å². The van der Waals surface area contributed by atoms with E-state index in [1.165, 1.54) is 0 Å². The molecule has 190 valence electrons. The van der Waals surface area contributed by atoms with E-state index in [1.54, 1.807) is 23.1 Å². The Bertz CT molecular complexity index is 1210. The standard InChI is InChI=1S/C25H31N7O2S2/c1-35-20-12-26-24(27-13-20)28-17-3-4-18(11-17)29-25-30-21-5-2-16(10-22(21)36-25)23(33)32-14-31(15-32)19-6-8-34-9-7-19/h2,5,10,12-13,17-19H,3-4,6-9,11,14-15H2,1H3,(H,29,30)(H,26,27,28)/t17-,18-/m0/s1. The van der Waals surface area contributed by atoms with Crippen molar-refractivity contribution in [1.82, 2.24) is 24.8 Å². The van der Waals surface area contributed by atoms with Crippen LogP contribution in [-0.4, -0.2) is 81.6 Å². The molecule has 2 N–H and O–H groups in total. The molecule has 11 heteroatoms. The van der Waals surface area contributed by atoms with E-state index in [1.807, 2.05) is 41.7 Å². The molecule has 3 aliphatic rings. The number of fused-ring (bicyclic) bond motifs is 1. The minimum Gasteiger partial charge on any atom is -0.381 e. The molecule has 6 rings (SSSR count). The van der Waals surface area contributed by atoms with Crippen LogP contribution in [0.25, 0.3) is 10.2 Å². The van der Waals surface area contributed by atoms with Crippen molar-refractivity contribution in [2.75, 3.05) is 43.4 Å². The number of nitrogens with zero attached hydrogens (tertiary/aromatic N) is 5. The first-order valence-electron chi connectivity index (χ1n) is 12.6. The maximum atomic E-state index is 13.0. The quantitative estimate of drug-likeness (QED) is 0.442. The van der Waals surface area contributed by atoms with Gasteiger partial charge in [-0.2, -0.15) is 0 Å². The number of hydrogen-bond donors (Lipinski definition) is 2. The smallest absolute Gasteiger partial charge is 0.255 e. The molecule has 2 saturated heterocycles. The fourth-order valence-electron chi connectivity index (χ4n) is 5.21. The summed E-state index contributed by atoms with van der Waals surface area (Å²) >= 11 is 3.26. The molecule has 1 aromatic carbocycles. The number of carbonyl (C=O) groups excluding carboxylic acids is 1. The summed E-state index contributed by atoms with van der Waals surface area (Å²) in [5.74, 6) is 0.786. The van der Waals surface area contributed by atoms with E-state index in [4.69, 9.17) is 9.72 Å². The Morgan fingerprint density at radius 1 is 1.08 bits per heavy atom. The summed E-state index contributed by atoms with van der Waals surface area (Å²) in [6.07, 6.45) is 11.0. The summed E-state index contributed by atoms with van der Waals surface area (Å²) < 4.78 is 6.50. The van der Waals surface area contributed by atoms with E-state index in [9.17, 15) is 4.79 Å². The third-order valence-corrected chi connectivity index (χ3v) is 8.92. The summed E-state index contributed by atoms with van der Waals surface area (Å²) in [5.41, 5.74) is 1.67. The molecule has 9 nitrogen and oxygen atoms in total. The highest BCUT2D eigenvalue weighted by molar-refractivity contribution is 7.98. The van der Waals surface area contributed by atoms with E-state index in [2.05, 4.69) is 25.5 Å². The number of ether oxygens (including phenoxy) is 1. The van der Waals surface area contributed by atoms with Gasteiger partial charge in [-0.3, -0.25) is 9.69 Å². The average Bonchev–Trinajstić information content (AvgIpc) is 3.49. The fraction of sp³-hybridized carbons (Fsp3) is 0.520. The molecule has 1 saturated carbocycles. The van der Waals surface area contributed by atoms with Crippen molar-refractivity contribution in [2.24, 2.45) is 0 Å². The number of rotatable bonds is 7. The van der Waals surface area contributed by atoms with Gasteiger partial charge in [0.05, 0.1) is 23.6 Å². The Morgan fingerprint density at radius 3 is 2.58 bits per heavy atom. The Morgan fingerprint density at radius 2 is 1.83 bits per heavy atom. The van der Waals surface area contributed by atoms with Crippen LogP contribution in [0.1, 0.15) is 42.5 Å². The number of anilines is 2. The Labute approximate surface area is 219 Å². The number of hydrogen-bond acceptors (Lipinski definition) is 10. The second-order valence-corrected chi connectivity index (χ2v) is 11.6. The van der Waals surface area contributed by atoms with Crippen LogP contribution in [0.15, 0.2) is 35.5 Å². The van der Waals surface area contributed by atoms with E-state index < -0.39 is 0 Å². The summed E-state index contributed by atoms with van der Waals surface area (Å²) in [6.45, 7) is 3.07. The van der Waals surface area contributed by atoms with Crippen molar-refractivity contribution < 1.29 is 9.53 Å². The van der Waals surface area contributed by atoms with Gasteiger partial charge in [0.25, 0.3) is 5.91 Å². The normalized spacial score (nSPS) is 23.1. The number of thiazole rings is 1. The molecule has 0 bridgehead atoms. The number of thioether (sulfide) groups is 1. The van der Waals surface area contributed by atoms with Gasteiger partial charge in [-0.1, -0.05) is 11.3 Å². The topological polar surface area (TPSA) is 95.5 Å². The van der Waals surface area contributed by atoms with E-state index in [0.29, 0.717) is 37.4 Å². The number of amides is 1. The Kier molecular flexibility index (Phi) is 6.96. The minimum atomic E-state index is 0.0978. The summed E-state index contributed by atoms with van der Waals surface area (Å²) in [6, 6.07) is 7.11. The zero-order valence-corrected chi connectivity index (χ0v) is 22.0. The third-order valence-electron chi connectivity index (χ3n) is 7.29. The molecule has 2 aliphatic heterocycles. The Hall–Kier alpha value is -2.47. The van der Waals surface area contributed by atoms with Crippen LogP contribution in [0, 0.1) is 0 Å². The largest absolute Gasteiger partial charge is 0.381 e. The number of benzene rings is 1. The maximum Gasteiger partial charge on any atom is 0.255 e. The molecule has 2 aromatic heterocycles. The lowest BCUT2D eigenvalue weighted by Crippen LogP contribution is -2.61. The van der Waals surface area contributed by atoms with Gasteiger partial charge < -0.3 is 20.3 Å². The van der Waals surface area contributed by atoms with Crippen molar-refractivity contribution >= 4 is 50.3 Å². The van der Waals surface area contributed by atoms with Crippen molar-refractivity contribution in [1.29, 1.82) is 0 Å². The third kappa shape index (κ3) is 5.15. The predicted molar refractivity (Wildman–Crippen MR) is 144 cm³/mol. The predicted octanol–water partition coefficient (Wildman–Crippen LogP) is 4.11. The van der Waals surface area contributed by atoms with Crippen molar-refractivity contribution in [3.63, 3.8) is 0 Å². The first-order chi connectivity index (χ1) is 17.6. The van der Waals surface area contributed by atoms with Gasteiger partial charge in [-0.15, -0.1) is 11.8 Å². The highest BCUT2D eigenvalue weighted by Gasteiger charge is 2.34. The van der Waals surface area contributed by atoms with E-state index in [0.717, 1.165) is 71.1 Å². The second-order valence-electron chi connectivity index (χ2n) is 9.70. The zero-order valence-electron chi connectivity index (χ0n) is 20.4. The van der Waals surface area contributed by atoms with Gasteiger partial charge >= 0.3 is 0 Å². The van der Waals surface area contributed by atoms with Crippen molar-refractivity contribution in [2.45, 2.75) is 55.1 Å². The van der Waals surface area contributed by atoms with Gasteiger partial charge in [-0.25, -0.2) is 15.0 Å². The van der Waals surface area contributed by atoms with Gasteiger partial charge in [0.15, 0.2) is 5.13 Å². The highest BCUT2D eigenvalue weighted by Crippen LogP contribution is 2.32. The van der Waals surface area contributed by atoms with E-state index >= 15 is 0 Å². The summed E-state index contributed by atoms with van der Waals surface area (Å²) in [5, 5.41) is 7.98. The molecule has 2 atom stereocenters. The number of nitrogens with one attached hydrogen (secondary N) is 2. The fourth-order valence-corrected chi connectivity index (χ4v) is 6.50. The molecular formula is C25H31N7O2S2. The Balaban J connectivity index is 1.03. The van der Waals surface area contributed by atoms with Crippen LogP contribution < -0.4 is 10.6 Å². The molecule has 4 heterocycles. The van der Waals surface area contributed by atoms with Crippen LogP contribution in [0.4, 0.5) is 11.1 Å². The van der Waals surface area contributed by atoms with Crippen LogP contribution in [-0.2, 0) is 4.74 Å². The number of carbonyl (C=O) groups is 1. The molecule has 3 aromatic rings. The maximum absolute atomic E-state index is 13.0. The summed E-state index contributed by atoms with van der Waals surface area (Å²) in [4.78, 5) is 32.0. The lowest BCUT2D eigenvalue weighted by atomic mass is 10.1. The molecule has 0 spiro atoms. The molecular weight excluding hydrogens is 494 g/mol. The average molecular weight is 526 g/mol.